The first-order chi connectivity index (χ1) is 10.0. The average Bonchev–Trinajstić information content (AvgIpc) is 2.79. The van der Waals surface area contributed by atoms with Crippen molar-refractivity contribution in [3.05, 3.63) is 58.7 Å². The van der Waals surface area contributed by atoms with Gasteiger partial charge in [0.1, 0.15) is 10.7 Å². The first kappa shape index (κ1) is 13.6. The maximum Gasteiger partial charge on any atom is 0.267 e. The largest absolute Gasteiger partial charge is 0.397 e. The summed E-state index contributed by atoms with van der Waals surface area (Å²) in [7, 11) is 0. The molecular weight excluding hydrogens is 287 g/mol. The van der Waals surface area contributed by atoms with Gasteiger partial charge in [-0.2, -0.15) is 0 Å². The van der Waals surface area contributed by atoms with Crippen LogP contribution in [0.5, 0.6) is 0 Å². The molecule has 0 aliphatic heterocycles. The van der Waals surface area contributed by atoms with Crippen LogP contribution < -0.4 is 11.1 Å². The molecule has 3 rings (SSSR count). The van der Waals surface area contributed by atoms with Crippen LogP contribution in [0.25, 0.3) is 10.1 Å². The smallest absolute Gasteiger partial charge is 0.267 e. The maximum atomic E-state index is 12.9. The van der Waals surface area contributed by atoms with E-state index in [-0.39, 0.29) is 11.7 Å². The van der Waals surface area contributed by atoms with E-state index in [0.29, 0.717) is 16.3 Å². The van der Waals surface area contributed by atoms with E-state index in [0.717, 1.165) is 15.6 Å². The molecule has 0 saturated heterocycles. The summed E-state index contributed by atoms with van der Waals surface area (Å²) >= 11 is 1.35. The average molecular weight is 300 g/mol. The minimum absolute atomic E-state index is 0.280. The fourth-order valence-corrected chi connectivity index (χ4v) is 3.12. The van der Waals surface area contributed by atoms with Gasteiger partial charge < -0.3 is 11.1 Å². The van der Waals surface area contributed by atoms with Gasteiger partial charge in [-0.25, -0.2) is 4.39 Å². The number of carbonyl (C=O) groups excluding carboxylic acids is 1. The third-order valence-corrected chi connectivity index (χ3v) is 4.38. The highest BCUT2D eigenvalue weighted by atomic mass is 32.1. The van der Waals surface area contributed by atoms with Crippen molar-refractivity contribution in [1.29, 1.82) is 0 Å². The molecule has 3 N–H and O–H groups in total. The van der Waals surface area contributed by atoms with Crippen molar-refractivity contribution >= 4 is 38.7 Å². The molecule has 0 aliphatic rings. The normalized spacial score (nSPS) is 10.8. The Morgan fingerprint density at radius 3 is 2.62 bits per heavy atom. The molecule has 0 radical (unpaired) electrons. The van der Waals surface area contributed by atoms with E-state index in [9.17, 15) is 9.18 Å². The molecule has 1 heterocycles. The zero-order chi connectivity index (χ0) is 15.0. The molecule has 0 unspecified atom stereocenters. The monoisotopic (exact) mass is 300 g/mol. The lowest BCUT2D eigenvalue weighted by Gasteiger charge is -2.04. The number of aryl methyl sites for hydroxylation is 1. The molecular formula is C16H13FN2OS. The van der Waals surface area contributed by atoms with Crippen LogP contribution in [-0.2, 0) is 0 Å². The van der Waals surface area contributed by atoms with Crippen LogP contribution in [-0.4, -0.2) is 5.91 Å². The van der Waals surface area contributed by atoms with Crippen molar-refractivity contribution in [2.75, 3.05) is 11.1 Å². The molecule has 0 aliphatic carbocycles. The molecule has 21 heavy (non-hydrogen) atoms. The van der Waals surface area contributed by atoms with Gasteiger partial charge in [0.25, 0.3) is 5.91 Å². The van der Waals surface area contributed by atoms with Crippen LogP contribution in [0.2, 0.25) is 0 Å². The molecule has 0 spiro atoms. The molecule has 106 valence electrons. The number of nitrogens with one attached hydrogen (secondary N) is 1. The topological polar surface area (TPSA) is 55.1 Å². The standard InChI is InChI=1S/C16H13FN2OS/c1-9-2-7-13-12(8-9)14(18)15(21-13)16(20)19-11-5-3-10(17)4-6-11/h2-8H,18H2,1H3,(H,19,20). The zero-order valence-corrected chi connectivity index (χ0v) is 12.1. The Morgan fingerprint density at radius 2 is 1.90 bits per heavy atom. The summed E-state index contributed by atoms with van der Waals surface area (Å²) in [5.41, 5.74) is 8.19. The van der Waals surface area contributed by atoms with Crippen molar-refractivity contribution < 1.29 is 9.18 Å². The summed E-state index contributed by atoms with van der Waals surface area (Å²) in [6, 6.07) is 11.5. The van der Waals surface area contributed by atoms with E-state index in [2.05, 4.69) is 5.32 Å². The summed E-state index contributed by atoms with van der Waals surface area (Å²) in [5, 5.41) is 3.62. The Bertz CT molecular complexity index is 824. The quantitative estimate of drug-likeness (QED) is 0.746. The highest BCUT2D eigenvalue weighted by molar-refractivity contribution is 7.21. The second-order valence-corrected chi connectivity index (χ2v) is 5.86. The van der Waals surface area contributed by atoms with Gasteiger partial charge in [0, 0.05) is 15.8 Å². The number of amides is 1. The van der Waals surface area contributed by atoms with Crippen LogP contribution >= 0.6 is 11.3 Å². The van der Waals surface area contributed by atoms with E-state index in [1.807, 2.05) is 25.1 Å². The highest BCUT2D eigenvalue weighted by Crippen LogP contribution is 2.34. The number of fused-ring (bicyclic) bond motifs is 1. The Balaban J connectivity index is 1.94. The third-order valence-electron chi connectivity index (χ3n) is 3.19. The van der Waals surface area contributed by atoms with Gasteiger partial charge in [0.05, 0.1) is 5.69 Å². The molecule has 3 aromatic rings. The number of hydrogen-bond acceptors (Lipinski definition) is 3. The summed E-state index contributed by atoms with van der Waals surface area (Å²) in [6.07, 6.45) is 0. The van der Waals surface area contributed by atoms with E-state index in [1.54, 1.807) is 0 Å². The zero-order valence-electron chi connectivity index (χ0n) is 11.3. The minimum Gasteiger partial charge on any atom is -0.397 e. The van der Waals surface area contributed by atoms with Crippen molar-refractivity contribution in [3.63, 3.8) is 0 Å². The number of benzene rings is 2. The van der Waals surface area contributed by atoms with Crippen molar-refractivity contribution in [2.45, 2.75) is 6.92 Å². The second-order valence-electron chi connectivity index (χ2n) is 4.81. The van der Waals surface area contributed by atoms with Gasteiger partial charge in [-0.3, -0.25) is 4.79 Å². The molecule has 0 saturated carbocycles. The van der Waals surface area contributed by atoms with Crippen LogP contribution in [0.4, 0.5) is 15.8 Å². The lowest BCUT2D eigenvalue weighted by molar-refractivity contribution is 0.103. The minimum atomic E-state index is -0.343. The van der Waals surface area contributed by atoms with E-state index >= 15 is 0 Å². The number of anilines is 2. The van der Waals surface area contributed by atoms with Crippen LogP contribution in [0, 0.1) is 12.7 Å². The van der Waals surface area contributed by atoms with Crippen molar-refractivity contribution in [2.24, 2.45) is 0 Å². The first-order valence-electron chi connectivity index (χ1n) is 6.40. The van der Waals surface area contributed by atoms with E-state index in [1.165, 1.54) is 35.6 Å². The predicted octanol–water partition coefficient (Wildman–Crippen LogP) is 4.18. The number of hydrogen-bond donors (Lipinski definition) is 2. The summed E-state index contributed by atoms with van der Waals surface area (Å²) in [5.74, 6) is -0.622. The molecule has 1 amide bonds. The Labute approximate surface area is 125 Å². The van der Waals surface area contributed by atoms with Gasteiger partial charge in [-0.15, -0.1) is 11.3 Å². The molecule has 3 nitrogen and oxygen atoms in total. The fourth-order valence-electron chi connectivity index (χ4n) is 2.12. The van der Waals surface area contributed by atoms with E-state index < -0.39 is 0 Å². The lowest BCUT2D eigenvalue weighted by atomic mass is 10.1. The van der Waals surface area contributed by atoms with Crippen LogP contribution in [0.3, 0.4) is 0 Å². The Morgan fingerprint density at radius 1 is 1.19 bits per heavy atom. The summed E-state index contributed by atoms with van der Waals surface area (Å²) in [4.78, 5) is 12.8. The Kier molecular flexibility index (Phi) is 3.35. The molecule has 0 atom stereocenters. The van der Waals surface area contributed by atoms with Crippen molar-refractivity contribution in [1.82, 2.24) is 0 Å². The third kappa shape index (κ3) is 2.60. The molecule has 0 bridgehead atoms. The molecule has 0 fully saturated rings. The number of nitrogen functional groups attached to an aromatic ring is 1. The molecule has 2 aromatic carbocycles. The predicted molar refractivity (Wildman–Crippen MR) is 85.3 cm³/mol. The van der Waals surface area contributed by atoms with Crippen LogP contribution in [0.1, 0.15) is 15.2 Å². The lowest BCUT2D eigenvalue weighted by Crippen LogP contribution is -2.11. The van der Waals surface area contributed by atoms with Crippen molar-refractivity contribution in [3.8, 4) is 0 Å². The van der Waals surface area contributed by atoms with Gasteiger partial charge in [-0.05, 0) is 43.3 Å². The number of carbonyl (C=O) groups is 1. The van der Waals surface area contributed by atoms with Gasteiger partial charge in [0.2, 0.25) is 0 Å². The molecule has 1 aromatic heterocycles. The number of halogens is 1. The first-order valence-corrected chi connectivity index (χ1v) is 7.22. The fraction of sp³-hybridized carbons (Fsp3) is 0.0625. The van der Waals surface area contributed by atoms with E-state index in [4.69, 9.17) is 5.73 Å². The number of thiophene rings is 1. The molecule has 5 heteroatoms. The van der Waals surface area contributed by atoms with Gasteiger partial charge in [0.15, 0.2) is 0 Å². The number of rotatable bonds is 2. The SMILES string of the molecule is Cc1ccc2sc(C(=O)Nc3ccc(F)cc3)c(N)c2c1. The summed E-state index contributed by atoms with van der Waals surface area (Å²) < 4.78 is 13.8. The number of nitrogens with two attached hydrogens (primary N) is 1. The Hall–Kier alpha value is -2.40. The maximum absolute atomic E-state index is 12.9. The van der Waals surface area contributed by atoms with Gasteiger partial charge in [-0.1, -0.05) is 11.6 Å². The summed E-state index contributed by atoms with van der Waals surface area (Å²) in [6.45, 7) is 1.98. The highest BCUT2D eigenvalue weighted by Gasteiger charge is 2.16. The second kappa shape index (κ2) is 5.18. The van der Waals surface area contributed by atoms with Gasteiger partial charge >= 0.3 is 0 Å². The van der Waals surface area contributed by atoms with Crippen LogP contribution in [0.15, 0.2) is 42.5 Å².